The van der Waals surface area contributed by atoms with Crippen molar-refractivity contribution >= 4 is 55.9 Å². The van der Waals surface area contributed by atoms with Crippen molar-refractivity contribution in [1.29, 1.82) is 0 Å². The lowest BCUT2D eigenvalue weighted by atomic mass is 10.0. The van der Waals surface area contributed by atoms with Crippen molar-refractivity contribution in [2.45, 2.75) is 125 Å². The highest BCUT2D eigenvalue weighted by molar-refractivity contribution is 7.91. The van der Waals surface area contributed by atoms with Crippen LogP contribution in [0.25, 0.3) is 33.5 Å². The number of sulfonamides is 1. The van der Waals surface area contributed by atoms with Gasteiger partial charge in [0.2, 0.25) is 27.4 Å². The summed E-state index contributed by atoms with van der Waals surface area (Å²) in [7, 11) is -2.50. The van der Waals surface area contributed by atoms with Crippen LogP contribution in [0.5, 0.6) is 11.6 Å². The fraction of sp³-hybridized carbons (Fsp3) is 0.511. The number of amides is 4. The molecule has 16 nitrogen and oxygen atoms in total. The normalized spacial score (nSPS) is 26.2. The number of methoxy groups -OCH3 is 1. The standard InChI is InChI=1S/C45H51FN6O10S/c1-44(20-21-44)63(57,58)51-42(55)45-24-27(45)10-6-4-3-5-7-13-33(47-43(56)61-30-11-8-9-12-30)41(54)52-25-31(23-34(52)39(53)50-45)60-40-37-36(32-22-28(46)16-19-35(32)62-37)48-38(49-40)26-14-17-29(59-2)18-15-26/h6,10,14-19,22,27,30-31,33-34H,3-5,7-9,11-13,20-21,23-25H2,1-2H3,(H,47,56)(H,50,53)(H,51,55)/t27-,31-,33+,34+,45-/m1/s1. The number of halogens is 1. The summed E-state index contributed by atoms with van der Waals surface area (Å²) in [5.41, 5.74) is -0.259. The number of fused-ring (bicyclic) bond motifs is 5. The Bertz CT molecular complexity index is 2590. The summed E-state index contributed by atoms with van der Waals surface area (Å²) in [6.45, 7) is 1.44. The van der Waals surface area contributed by atoms with E-state index in [4.69, 9.17) is 28.6 Å². The molecule has 9 rings (SSSR count). The highest BCUT2D eigenvalue weighted by Crippen LogP contribution is 2.48. The van der Waals surface area contributed by atoms with Gasteiger partial charge in [-0.1, -0.05) is 25.0 Å². The van der Waals surface area contributed by atoms with Crippen LogP contribution in [0.3, 0.4) is 0 Å². The Labute approximate surface area is 363 Å². The molecule has 4 heterocycles. The average Bonchev–Trinajstić information content (AvgIpc) is 3.93. The van der Waals surface area contributed by atoms with Gasteiger partial charge in [-0.3, -0.25) is 19.1 Å². The van der Waals surface area contributed by atoms with Crippen LogP contribution in [0.1, 0.15) is 90.4 Å². The lowest BCUT2D eigenvalue weighted by Crippen LogP contribution is -2.58. The largest absolute Gasteiger partial charge is 0.497 e. The molecule has 4 fully saturated rings. The maximum atomic E-state index is 14.8. The summed E-state index contributed by atoms with van der Waals surface area (Å²) in [6.07, 6.45) is 9.20. The van der Waals surface area contributed by atoms with Crippen LogP contribution < -0.4 is 24.8 Å². The molecule has 5 aliphatic rings. The minimum absolute atomic E-state index is 0.0140. The Hall–Kier alpha value is -5.78. The first kappa shape index (κ1) is 42.5. The molecule has 1 saturated heterocycles. The molecular formula is C45H51FN6O10S. The SMILES string of the molecule is COc1ccc(-c2nc(O[C@@H]3C[C@H]4C(=O)N[C@]5(C(=O)NS(=O)(=O)C6(C)CC6)C[C@H]5C=CCCCCC[C@H](NC(=O)OC5CCCC5)C(=O)N4C3)c3oc4ccc(F)cc4c3n2)cc1. The topological polar surface area (TPSA) is 208 Å². The van der Waals surface area contributed by atoms with E-state index in [0.29, 0.717) is 48.0 Å². The molecule has 4 aromatic rings. The van der Waals surface area contributed by atoms with Gasteiger partial charge in [-0.05, 0) is 114 Å². The van der Waals surface area contributed by atoms with Gasteiger partial charge in [0.15, 0.2) is 5.82 Å². The fourth-order valence-corrected chi connectivity index (χ4v) is 10.3. The quantitative estimate of drug-likeness (QED) is 0.166. The number of rotatable bonds is 9. The molecule has 3 N–H and O–H groups in total. The molecule has 63 heavy (non-hydrogen) atoms. The van der Waals surface area contributed by atoms with Gasteiger partial charge in [-0.2, -0.15) is 4.98 Å². The third-order valence-electron chi connectivity index (χ3n) is 13.2. The van der Waals surface area contributed by atoms with E-state index in [9.17, 15) is 32.0 Å². The van der Waals surface area contributed by atoms with Crippen molar-refractivity contribution in [3.8, 4) is 23.0 Å². The van der Waals surface area contributed by atoms with Crippen molar-refractivity contribution < 1.29 is 50.6 Å². The summed E-state index contributed by atoms with van der Waals surface area (Å²) in [4.78, 5) is 67.6. The van der Waals surface area contributed by atoms with Gasteiger partial charge < -0.3 is 34.2 Å². The molecule has 3 aliphatic carbocycles. The van der Waals surface area contributed by atoms with E-state index in [1.54, 1.807) is 38.3 Å². The summed E-state index contributed by atoms with van der Waals surface area (Å²) < 4.78 is 66.1. The average molecular weight is 887 g/mol. The minimum Gasteiger partial charge on any atom is -0.497 e. The Morgan fingerprint density at radius 2 is 1.75 bits per heavy atom. The molecule has 0 spiro atoms. The lowest BCUT2D eigenvalue weighted by molar-refractivity contribution is -0.141. The molecule has 0 unspecified atom stereocenters. The van der Waals surface area contributed by atoms with Crippen molar-refractivity contribution in [3.63, 3.8) is 0 Å². The van der Waals surface area contributed by atoms with E-state index < -0.39 is 74.0 Å². The zero-order valence-corrected chi connectivity index (χ0v) is 36.0. The van der Waals surface area contributed by atoms with Crippen molar-refractivity contribution in [1.82, 2.24) is 30.2 Å². The van der Waals surface area contributed by atoms with E-state index >= 15 is 0 Å². The molecule has 334 valence electrons. The first-order valence-corrected chi connectivity index (χ1v) is 23.3. The minimum atomic E-state index is -4.04. The molecule has 0 radical (unpaired) electrons. The maximum Gasteiger partial charge on any atom is 0.408 e. The highest BCUT2D eigenvalue weighted by atomic mass is 32.2. The van der Waals surface area contributed by atoms with Crippen molar-refractivity contribution in [3.05, 3.63) is 60.4 Å². The fourth-order valence-electron chi connectivity index (χ4n) is 8.98. The number of hydrogen-bond acceptors (Lipinski definition) is 12. The number of furan rings is 1. The molecule has 5 atom stereocenters. The van der Waals surface area contributed by atoms with Crippen LogP contribution in [-0.4, -0.2) is 95.3 Å². The molecule has 2 aromatic carbocycles. The number of ether oxygens (including phenoxy) is 3. The summed E-state index contributed by atoms with van der Waals surface area (Å²) in [5.74, 6) is -2.24. The van der Waals surface area contributed by atoms with E-state index in [2.05, 4.69) is 15.4 Å². The van der Waals surface area contributed by atoms with Crippen molar-refractivity contribution in [2.24, 2.45) is 5.92 Å². The van der Waals surface area contributed by atoms with Gasteiger partial charge >= 0.3 is 6.09 Å². The zero-order valence-electron chi connectivity index (χ0n) is 35.2. The van der Waals surface area contributed by atoms with Gasteiger partial charge in [0.1, 0.15) is 52.5 Å². The smallest absolute Gasteiger partial charge is 0.408 e. The van der Waals surface area contributed by atoms with Gasteiger partial charge in [-0.25, -0.2) is 22.6 Å². The second-order valence-corrected chi connectivity index (χ2v) is 19.9. The van der Waals surface area contributed by atoms with Crippen molar-refractivity contribution in [2.75, 3.05) is 13.7 Å². The Morgan fingerprint density at radius 3 is 2.49 bits per heavy atom. The number of carbonyl (C=O) groups excluding carboxylic acids is 4. The van der Waals surface area contributed by atoms with Crippen LogP contribution in [0, 0.1) is 11.7 Å². The Kier molecular flexibility index (Phi) is 11.3. The van der Waals surface area contributed by atoms with E-state index in [-0.39, 0.29) is 54.7 Å². The molecule has 3 saturated carbocycles. The first-order chi connectivity index (χ1) is 30.3. The molecular weight excluding hydrogens is 836 g/mol. The monoisotopic (exact) mass is 886 g/mol. The van der Waals surface area contributed by atoms with Crippen LogP contribution in [0.4, 0.5) is 9.18 Å². The maximum absolute atomic E-state index is 14.8. The lowest BCUT2D eigenvalue weighted by Gasteiger charge is -2.30. The van der Waals surface area contributed by atoms with Crippen LogP contribution >= 0.6 is 0 Å². The molecule has 2 aliphatic heterocycles. The second-order valence-electron chi connectivity index (χ2n) is 17.7. The Balaban J connectivity index is 1.06. The molecule has 2 aromatic heterocycles. The number of nitrogens with zero attached hydrogens (tertiary/aromatic N) is 3. The number of benzene rings is 2. The highest BCUT2D eigenvalue weighted by Gasteiger charge is 2.63. The van der Waals surface area contributed by atoms with E-state index in [0.717, 1.165) is 38.5 Å². The summed E-state index contributed by atoms with van der Waals surface area (Å²) in [5, 5.41) is 6.07. The molecule has 18 heteroatoms. The zero-order chi connectivity index (χ0) is 44.1. The number of alkyl carbamates (subject to hydrolysis) is 1. The van der Waals surface area contributed by atoms with Gasteiger partial charge in [0, 0.05) is 23.3 Å². The number of hydrogen-bond donors (Lipinski definition) is 3. The van der Waals surface area contributed by atoms with Crippen LogP contribution in [0.15, 0.2) is 59.0 Å². The number of allylic oxidation sites excluding steroid dienone is 1. The first-order valence-electron chi connectivity index (χ1n) is 21.8. The van der Waals surface area contributed by atoms with E-state index in [1.165, 1.54) is 23.1 Å². The number of carbonyl (C=O) groups is 4. The second kappa shape index (κ2) is 16.7. The predicted octanol–water partition coefficient (Wildman–Crippen LogP) is 5.97. The van der Waals surface area contributed by atoms with E-state index in [1.807, 2.05) is 12.2 Å². The van der Waals surface area contributed by atoms with Gasteiger partial charge in [0.25, 0.3) is 11.8 Å². The van der Waals surface area contributed by atoms with Crippen LogP contribution in [-0.2, 0) is 29.1 Å². The number of aromatic nitrogens is 2. The molecule has 0 bridgehead atoms. The van der Waals surface area contributed by atoms with Gasteiger partial charge in [0.05, 0.1) is 18.4 Å². The number of nitrogens with one attached hydrogen (secondary N) is 3. The third kappa shape index (κ3) is 8.53. The Morgan fingerprint density at radius 1 is 0.984 bits per heavy atom. The third-order valence-corrected chi connectivity index (χ3v) is 15.4. The van der Waals surface area contributed by atoms with Crippen LogP contribution in [0.2, 0.25) is 0 Å². The summed E-state index contributed by atoms with van der Waals surface area (Å²) in [6, 6.07) is 8.77. The predicted molar refractivity (Wildman–Crippen MR) is 227 cm³/mol. The molecule has 4 amide bonds. The summed E-state index contributed by atoms with van der Waals surface area (Å²) >= 11 is 0. The van der Waals surface area contributed by atoms with Gasteiger partial charge in [-0.15, -0.1) is 0 Å².